The van der Waals surface area contributed by atoms with E-state index in [1.165, 1.54) is 4.90 Å². The average Bonchev–Trinajstić information content (AvgIpc) is 2.38. The topological polar surface area (TPSA) is 83.6 Å². The number of nitrogens with two attached hydrogens (primary N) is 1. The standard InChI is InChI=1S/C13H15ClN2O3/c14-10-3-1-2-9(8-10)13(11(15)17)4-6-16(7-5-13)12(18)19/h1-3,8H,4-7H2,(H2,15,17)(H,18,19). The largest absolute Gasteiger partial charge is 0.465 e. The van der Waals surface area contributed by atoms with E-state index >= 15 is 0 Å². The lowest BCUT2D eigenvalue weighted by molar-refractivity contribution is -0.125. The molecule has 1 saturated heterocycles. The number of carboxylic acid groups (broad SMARTS) is 1. The van der Waals surface area contributed by atoms with Gasteiger partial charge >= 0.3 is 6.09 Å². The molecule has 0 spiro atoms. The van der Waals surface area contributed by atoms with Crippen LogP contribution in [0.5, 0.6) is 0 Å². The summed E-state index contributed by atoms with van der Waals surface area (Å²) in [6, 6.07) is 7.04. The van der Waals surface area contributed by atoms with Crippen LogP contribution in [0.4, 0.5) is 4.79 Å². The molecule has 19 heavy (non-hydrogen) atoms. The van der Waals surface area contributed by atoms with E-state index in [-0.39, 0.29) is 0 Å². The molecule has 0 saturated carbocycles. The van der Waals surface area contributed by atoms with Gasteiger partial charge in [-0.15, -0.1) is 0 Å². The number of hydrogen-bond acceptors (Lipinski definition) is 2. The second-order valence-corrected chi connectivity index (χ2v) is 5.16. The SMILES string of the molecule is NC(=O)C1(c2cccc(Cl)c2)CCN(C(=O)O)CC1. The molecule has 2 amide bonds. The van der Waals surface area contributed by atoms with Crippen molar-refractivity contribution in [1.29, 1.82) is 0 Å². The lowest BCUT2D eigenvalue weighted by Gasteiger charge is -2.39. The Labute approximate surface area is 116 Å². The number of halogens is 1. The summed E-state index contributed by atoms with van der Waals surface area (Å²) in [7, 11) is 0. The molecule has 3 N–H and O–H groups in total. The van der Waals surface area contributed by atoms with Crippen molar-refractivity contribution in [3.8, 4) is 0 Å². The van der Waals surface area contributed by atoms with E-state index < -0.39 is 17.4 Å². The van der Waals surface area contributed by atoms with Crippen molar-refractivity contribution in [2.45, 2.75) is 18.3 Å². The third-order valence-electron chi connectivity index (χ3n) is 3.74. The predicted molar refractivity (Wildman–Crippen MR) is 71.2 cm³/mol. The van der Waals surface area contributed by atoms with Gasteiger partial charge in [0, 0.05) is 18.1 Å². The van der Waals surface area contributed by atoms with Crippen molar-refractivity contribution in [3.63, 3.8) is 0 Å². The summed E-state index contributed by atoms with van der Waals surface area (Å²) in [6.07, 6.45) is -0.201. The molecule has 0 radical (unpaired) electrons. The van der Waals surface area contributed by atoms with Crippen molar-refractivity contribution in [1.82, 2.24) is 4.90 Å². The Hall–Kier alpha value is -1.75. The summed E-state index contributed by atoms with van der Waals surface area (Å²) in [4.78, 5) is 24.1. The third kappa shape index (κ3) is 2.51. The van der Waals surface area contributed by atoms with Crippen LogP contribution in [0.15, 0.2) is 24.3 Å². The number of likely N-dealkylation sites (tertiary alicyclic amines) is 1. The Bertz CT molecular complexity index is 510. The molecule has 102 valence electrons. The molecule has 5 nitrogen and oxygen atoms in total. The van der Waals surface area contributed by atoms with E-state index in [0.29, 0.717) is 31.0 Å². The van der Waals surface area contributed by atoms with Crippen LogP contribution in [-0.4, -0.2) is 35.1 Å². The molecule has 1 aliphatic heterocycles. The minimum Gasteiger partial charge on any atom is -0.465 e. The van der Waals surface area contributed by atoms with Crippen LogP contribution < -0.4 is 5.73 Å². The lowest BCUT2D eigenvalue weighted by Crippen LogP contribution is -2.51. The number of carbonyl (C=O) groups excluding carboxylic acids is 1. The Morgan fingerprint density at radius 2 is 1.95 bits per heavy atom. The monoisotopic (exact) mass is 282 g/mol. The first kappa shape index (κ1) is 13.7. The van der Waals surface area contributed by atoms with Crippen LogP contribution in [0.1, 0.15) is 18.4 Å². The lowest BCUT2D eigenvalue weighted by atomic mass is 9.72. The number of piperidine rings is 1. The minimum absolute atomic E-state index is 0.296. The van der Waals surface area contributed by atoms with E-state index in [1.807, 2.05) is 6.07 Å². The van der Waals surface area contributed by atoms with Gasteiger partial charge in [0.2, 0.25) is 5.91 Å². The van der Waals surface area contributed by atoms with Gasteiger partial charge in [-0.25, -0.2) is 4.79 Å². The summed E-state index contributed by atoms with van der Waals surface area (Å²) >= 11 is 5.95. The minimum atomic E-state index is -0.968. The van der Waals surface area contributed by atoms with E-state index in [0.717, 1.165) is 5.56 Å². The Kier molecular flexibility index (Phi) is 3.66. The molecule has 0 aromatic heterocycles. The first-order valence-electron chi connectivity index (χ1n) is 5.99. The maximum atomic E-state index is 11.9. The van der Waals surface area contributed by atoms with Gasteiger partial charge in [0.15, 0.2) is 0 Å². The highest BCUT2D eigenvalue weighted by Crippen LogP contribution is 2.36. The van der Waals surface area contributed by atoms with E-state index in [4.69, 9.17) is 22.4 Å². The number of benzene rings is 1. The normalized spacial score (nSPS) is 18.1. The number of nitrogens with zero attached hydrogens (tertiary/aromatic N) is 1. The number of carbonyl (C=O) groups is 2. The quantitative estimate of drug-likeness (QED) is 0.868. The summed E-state index contributed by atoms with van der Waals surface area (Å²) in [6.45, 7) is 0.593. The molecule has 1 aromatic rings. The molecule has 1 fully saturated rings. The van der Waals surface area contributed by atoms with Crippen molar-refractivity contribution in [2.24, 2.45) is 5.73 Å². The second-order valence-electron chi connectivity index (χ2n) is 4.73. The summed E-state index contributed by atoms with van der Waals surface area (Å²) in [5, 5.41) is 9.49. The Balaban J connectivity index is 2.31. The fourth-order valence-electron chi connectivity index (χ4n) is 2.54. The smallest absolute Gasteiger partial charge is 0.407 e. The fraction of sp³-hybridized carbons (Fsp3) is 0.385. The van der Waals surface area contributed by atoms with Crippen molar-refractivity contribution in [3.05, 3.63) is 34.9 Å². The summed E-state index contributed by atoms with van der Waals surface area (Å²) < 4.78 is 0. The molecular formula is C13H15ClN2O3. The molecular weight excluding hydrogens is 268 g/mol. The van der Waals surface area contributed by atoms with Crippen LogP contribution in [0.25, 0.3) is 0 Å². The van der Waals surface area contributed by atoms with Crippen molar-refractivity contribution in [2.75, 3.05) is 13.1 Å². The highest BCUT2D eigenvalue weighted by molar-refractivity contribution is 6.30. The highest BCUT2D eigenvalue weighted by Gasteiger charge is 2.42. The van der Waals surface area contributed by atoms with Crippen LogP contribution in [0.2, 0.25) is 5.02 Å². The molecule has 1 aliphatic rings. The van der Waals surface area contributed by atoms with E-state index in [9.17, 15) is 9.59 Å². The number of hydrogen-bond donors (Lipinski definition) is 2. The van der Waals surface area contributed by atoms with Crippen molar-refractivity contribution >= 4 is 23.6 Å². The molecule has 0 atom stereocenters. The van der Waals surface area contributed by atoms with Crippen molar-refractivity contribution < 1.29 is 14.7 Å². The van der Waals surface area contributed by atoms with Gasteiger partial charge in [0.1, 0.15) is 0 Å². The molecule has 2 rings (SSSR count). The van der Waals surface area contributed by atoms with Gasteiger partial charge in [-0.1, -0.05) is 23.7 Å². The first-order chi connectivity index (χ1) is 8.95. The Morgan fingerprint density at radius 1 is 1.32 bits per heavy atom. The van der Waals surface area contributed by atoms with Gasteiger partial charge in [-0.05, 0) is 30.5 Å². The average molecular weight is 283 g/mol. The van der Waals surface area contributed by atoms with Crippen LogP contribution in [0.3, 0.4) is 0 Å². The molecule has 0 bridgehead atoms. The van der Waals surface area contributed by atoms with Crippen LogP contribution in [0, 0.1) is 0 Å². The number of primary amides is 1. The Morgan fingerprint density at radius 3 is 2.42 bits per heavy atom. The number of rotatable bonds is 2. The second kappa shape index (κ2) is 5.09. The zero-order valence-corrected chi connectivity index (χ0v) is 11.1. The molecule has 0 aliphatic carbocycles. The van der Waals surface area contributed by atoms with Gasteiger partial charge in [0.05, 0.1) is 5.41 Å². The zero-order valence-electron chi connectivity index (χ0n) is 10.3. The molecule has 6 heteroatoms. The van der Waals surface area contributed by atoms with E-state index in [1.54, 1.807) is 18.2 Å². The first-order valence-corrected chi connectivity index (χ1v) is 6.37. The molecule has 1 aromatic carbocycles. The van der Waals surface area contributed by atoms with Gasteiger partial charge in [-0.2, -0.15) is 0 Å². The maximum Gasteiger partial charge on any atom is 0.407 e. The van der Waals surface area contributed by atoms with Gasteiger partial charge < -0.3 is 15.7 Å². The molecule has 1 heterocycles. The summed E-state index contributed by atoms with van der Waals surface area (Å²) in [5.74, 6) is -0.431. The zero-order chi connectivity index (χ0) is 14.0. The van der Waals surface area contributed by atoms with Gasteiger partial charge in [0.25, 0.3) is 0 Å². The van der Waals surface area contributed by atoms with Crippen LogP contribution in [-0.2, 0) is 10.2 Å². The van der Waals surface area contributed by atoms with E-state index in [2.05, 4.69) is 0 Å². The highest BCUT2D eigenvalue weighted by atomic mass is 35.5. The predicted octanol–water partition coefficient (Wildman–Crippen LogP) is 1.84. The van der Waals surface area contributed by atoms with Crippen LogP contribution >= 0.6 is 11.6 Å². The number of amides is 2. The maximum absolute atomic E-state index is 11.9. The summed E-state index contributed by atoms with van der Waals surface area (Å²) in [5.41, 5.74) is 5.50. The third-order valence-corrected chi connectivity index (χ3v) is 3.97. The molecule has 0 unspecified atom stereocenters. The van der Waals surface area contributed by atoms with Gasteiger partial charge in [-0.3, -0.25) is 4.79 Å². The fourth-order valence-corrected chi connectivity index (χ4v) is 2.73.